The van der Waals surface area contributed by atoms with Gasteiger partial charge in [-0.25, -0.2) is 0 Å². The lowest BCUT2D eigenvalue weighted by atomic mass is 9.95. The van der Waals surface area contributed by atoms with Crippen LogP contribution in [-0.4, -0.2) is 18.5 Å². The van der Waals surface area contributed by atoms with Gasteiger partial charge >= 0.3 is 0 Å². The molecule has 1 aliphatic rings. The molecular formula is C14H17N3O. The Kier molecular flexibility index (Phi) is 3.96. The quantitative estimate of drug-likeness (QED) is 0.831. The van der Waals surface area contributed by atoms with Crippen LogP contribution in [0.4, 0.5) is 0 Å². The Hall–Kier alpha value is -1.86. The summed E-state index contributed by atoms with van der Waals surface area (Å²) >= 11 is 0. The van der Waals surface area contributed by atoms with Crippen molar-refractivity contribution in [2.45, 2.75) is 25.9 Å². The molecule has 0 bridgehead atoms. The Morgan fingerprint density at radius 3 is 3.00 bits per heavy atom. The SMILES string of the molecule is CC(C#N)CNC(=O)[C@H]1Cc2ccccc2CN1. The first-order chi connectivity index (χ1) is 8.70. The highest BCUT2D eigenvalue weighted by Crippen LogP contribution is 2.16. The first kappa shape index (κ1) is 12.6. The molecule has 4 heteroatoms. The second-order valence-electron chi connectivity index (χ2n) is 4.68. The number of nitrogens with zero attached hydrogens (tertiary/aromatic N) is 1. The number of amides is 1. The molecule has 0 aromatic heterocycles. The van der Waals surface area contributed by atoms with E-state index in [2.05, 4.69) is 28.8 Å². The largest absolute Gasteiger partial charge is 0.353 e. The van der Waals surface area contributed by atoms with Crippen LogP contribution in [0.3, 0.4) is 0 Å². The van der Waals surface area contributed by atoms with Gasteiger partial charge in [0.05, 0.1) is 18.0 Å². The second-order valence-corrected chi connectivity index (χ2v) is 4.68. The third kappa shape index (κ3) is 2.88. The number of nitriles is 1. The van der Waals surface area contributed by atoms with E-state index in [-0.39, 0.29) is 17.9 Å². The van der Waals surface area contributed by atoms with Crippen molar-refractivity contribution in [3.63, 3.8) is 0 Å². The molecule has 2 atom stereocenters. The minimum Gasteiger partial charge on any atom is -0.353 e. The molecule has 0 spiro atoms. The minimum atomic E-state index is -0.189. The molecule has 1 unspecified atom stereocenters. The smallest absolute Gasteiger partial charge is 0.237 e. The van der Waals surface area contributed by atoms with Crippen molar-refractivity contribution < 1.29 is 4.79 Å². The van der Waals surface area contributed by atoms with E-state index in [4.69, 9.17) is 5.26 Å². The van der Waals surface area contributed by atoms with Gasteiger partial charge in [0.25, 0.3) is 0 Å². The lowest BCUT2D eigenvalue weighted by molar-refractivity contribution is -0.123. The average Bonchev–Trinajstić information content (AvgIpc) is 2.43. The van der Waals surface area contributed by atoms with Crippen LogP contribution in [0, 0.1) is 17.2 Å². The fourth-order valence-corrected chi connectivity index (χ4v) is 2.06. The molecule has 1 aromatic carbocycles. The molecule has 0 saturated carbocycles. The molecule has 1 heterocycles. The van der Waals surface area contributed by atoms with E-state index in [1.807, 2.05) is 12.1 Å². The van der Waals surface area contributed by atoms with Crippen molar-refractivity contribution in [1.82, 2.24) is 10.6 Å². The summed E-state index contributed by atoms with van der Waals surface area (Å²) in [5.41, 5.74) is 2.48. The predicted molar refractivity (Wildman–Crippen MR) is 68.6 cm³/mol. The van der Waals surface area contributed by atoms with E-state index in [0.29, 0.717) is 13.0 Å². The average molecular weight is 243 g/mol. The predicted octanol–water partition coefficient (Wildman–Crippen LogP) is 0.977. The summed E-state index contributed by atoms with van der Waals surface area (Å²) in [6.45, 7) is 2.93. The summed E-state index contributed by atoms with van der Waals surface area (Å²) in [6, 6.07) is 10.1. The van der Waals surface area contributed by atoms with Crippen molar-refractivity contribution in [3.05, 3.63) is 35.4 Å². The van der Waals surface area contributed by atoms with Gasteiger partial charge in [-0.05, 0) is 24.5 Å². The Bertz CT molecular complexity index is 478. The van der Waals surface area contributed by atoms with E-state index in [1.54, 1.807) is 6.92 Å². The molecule has 2 rings (SSSR count). The maximum absolute atomic E-state index is 11.9. The Labute approximate surface area is 107 Å². The van der Waals surface area contributed by atoms with Crippen molar-refractivity contribution >= 4 is 5.91 Å². The van der Waals surface area contributed by atoms with Gasteiger partial charge in [0.2, 0.25) is 5.91 Å². The van der Waals surface area contributed by atoms with Gasteiger partial charge in [0.1, 0.15) is 0 Å². The molecular weight excluding hydrogens is 226 g/mol. The Morgan fingerprint density at radius 2 is 2.28 bits per heavy atom. The monoisotopic (exact) mass is 243 g/mol. The maximum Gasteiger partial charge on any atom is 0.237 e. The zero-order chi connectivity index (χ0) is 13.0. The normalized spacial score (nSPS) is 19.4. The fourth-order valence-electron chi connectivity index (χ4n) is 2.06. The molecule has 2 N–H and O–H groups in total. The lowest BCUT2D eigenvalue weighted by Crippen LogP contribution is -2.48. The number of hydrogen-bond acceptors (Lipinski definition) is 3. The van der Waals surface area contributed by atoms with Gasteiger partial charge in [-0.15, -0.1) is 0 Å². The van der Waals surface area contributed by atoms with Gasteiger partial charge in [0.15, 0.2) is 0 Å². The van der Waals surface area contributed by atoms with E-state index >= 15 is 0 Å². The van der Waals surface area contributed by atoms with Crippen LogP contribution in [0.15, 0.2) is 24.3 Å². The van der Waals surface area contributed by atoms with Gasteiger partial charge in [0, 0.05) is 13.1 Å². The summed E-state index contributed by atoms with van der Waals surface area (Å²) in [6.07, 6.45) is 0.711. The number of benzene rings is 1. The number of rotatable bonds is 3. The number of carbonyl (C=O) groups excluding carboxylic acids is 1. The topological polar surface area (TPSA) is 64.9 Å². The molecule has 0 fully saturated rings. The highest BCUT2D eigenvalue weighted by Gasteiger charge is 2.23. The highest BCUT2D eigenvalue weighted by atomic mass is 16.2. The number of hydrogen-bond donors (Lipinski definition) is 2. The van der Waals surface area contributed by atoms with Gasteiger partial charge in [-0.3, -0.25) is 4.79 Å². The third-order valence-electron chi connectivity index (χ3n) is 3.20. The van der Waals surface area contributed by atoms with E-state index in [9.17, 15) is 4.79 Å². The molecule has 1 aromatic rings. The highest BCUT2D eigenvalue weighted by molar-refractivity contribution is 5.82. The first-order valence-corrected chi connectivity index (χ1v) is 6.18. The van der Waals surface area contributed by atoms with E-state index < -0.39 is 0 Å². The summed E-state index contributed by atoms with van der Waals surface area (Å²) in [4.78, 5) is 11.9. The zero-order valence-corrected chi connectivity index (χ0v) is 10.4. The number of fused-ring (bicyclic) bond motifs is 1. The number of nitrogens with one attached hydrogen (secondary N) is 2. The molecule has 0 radical (unpaired) electrons. The summed E-state index contributed by atoms with van der Waals surface area (Å²) < 4.78 is 0. The van der Waals surface area contributed by atoms with Gasteiger partial charge in [-0.2, -0.15) is 5.26 Å². The molecule has 94 valence electrons. The first-order valence-electron chi connectivity index (χ1n) is 6.18. The minimum absolute atomic E-state index is 0.0217. The Morgan fingerprint density at radius 1 is 1.56 bits per heavy atom. The number of carbonyl (C=O) groups is 1. The van der Waals surface area contributed by atoms with Crippen molar-refractivity contribution in [2.75, 3.05) is 6.54 Å². The maximum atomic E-state index is 11.9. The van der Waals surface area contributed by atoms with Crippen LogP contribution in [0.1, 0.15) is 18.1 Å². The molecule has 18 heavy (non-hydrogen) atoms. The van der Waals surface area contributed by atoms with Gasteiger partial charge < -0.3 is 10.6 Å². The molecule has 1 amide bonds. The summed E-state index contributed by atoms with van der Waals surface area (Å²) in [5, 5.41) is 14.7. The van der Waals surface area contributed by atoms with Crippen LogP contribution >= 0.6 is 0 Å². The van der Waals surface area contributed by atoms with E-state index in [0.717, 1.165) is 6.54 Å². The summed E-state index contributed by atoms with van der Waals surface area (Å²) in [5.74, 6) is -0.170. The van der Waals surface area contributed by atoms with Crippen molar-refractivity contribution in [1.29, 1.82) is 5.26 Å². The van der Waals surface area contributed by atoms with Crippen LogP contribution in [-0.2, 0) is 17.8 Å². The van der Waals surface area contributed by atoms with Crippen molar-refractivity contribution in [2.24, 2.45) is 5.92 Å². The fraction of sp³-hybridized carbons (Fsp3) is 0.429. The van der Waals surface area contributed by atoms with Crippen molar-refractivity contribution in [3.8, 4) is 6.07 Å². The third-order valence-corrected chi connectivity index (χ3v) is 3.20. The van der Waals surface area contributed by atoms with Crippen LogP contribution < -0.4 is 10.6 Å². The summed E-state index contributed by atoms with van der Waals surface area (Å²) in [7, 11) is 0. The Balaban J connectivity index is 1.93. The molecule has 4 nitrogen and oxygen atoms in total. The molecule has 1 aliphatic heterocycles. The molecule has 0 saturated heterocycles. The van der Waals surface area contributed by atoms with E-state index in [1.165, 1.54) is 11.1 Å². The molecule has 0 aliphatic carbocycles. The lowest BCUT2D eigenvalue weighted by Gasteiger charge is -2.25. The van der Waals surface area contributed by atoms with Crippen LogP contribution in [0.5, 0.6) is 0 Å². The van der Waals surface area contributed by atoms with Crippen LogP contribution in [0.25, 0.3) is 0 Å². The zero-order valence-electron chi connectivity index (χ0n) is 10.4. The second kappa shape index (κ2) is 5.65. The van der Waals surface area contributed by atoms with Crippen LogP contribution in [0.2, 0.25) is 0 Å². The standard InChI is InChI=1S/C14H17N3O/c1-10(7-15)8-17-14(18)13-6-11-4-2-3-5-12(11)9-16-13/h2-5,10,13,16H,6,8-9H2,1H3,(H,17,18)/t10?,13-/m1/s1. The van der Waals surface area contributed by atoms with Gasteiger partial charge in [-0.1, -0.05) is 24.3 Å².